The average Bonchev–Trinajstić information content (AvgIpc) is 3.84. The fraction of sp³-hybridized carbons (Fsp3) is 0.364. The van der Waals surface area contributed by atoms with Crippen LogP contribution in [0.3, 0.4) is 0 Å². The predicted octanol–water partition coefficient (Wildman–Crippen LogP) is 4.13. The van der Waals surface area contributed by atoms with Crippen molar-refractivity contribution >= 4 is 33.3 Å². The number of rotatable bonds is 12. The number of primary amides is 1. The first kappa shape index (κ1) is 31.8. The molecule has 238 valence electrons. The van der Waals surface area contributed by atoms with Gasteiger partial charge in [0.2, 0.25) is 11.8 Å². The molecule has 1 saturated carbocycles. The molecule has 1 aliphatic heterocycles. The van der Waals surface area contributed by atoms with Gasteiger partial charge >= 0.3 is 5.97 Å². The van der Waals surface area contributed by atoms with E-state index in [1.807, 2.05) is 0 Å². The largest absolute Gasteiger partial charge is 0.493 e. The third-order valence-electron chi connectivity index (χ3n) is 8.87. The van der Waals surface area contributed by atoms with Crippen LogP contribution in [-0.2, 0) is 25.0 Å². The number of hydrogen-bond donors (Lipinski definition) is 3. The summed E-state index contributed by atoms with van der Waals surface area (Å²) in [5, 5.41) is 13.2. The van der Waals surface area contributed by atoms with Gasteiger partial charge in [-0.2, -0.15) is 0 Å². The lowest BCUT2D eigenvalue weighted by Gasteiger charge is -2.43. The molecule has 1 unspecified atom stereocenters. The Morgan fingerprint density at radius 1 is 1.00 bits per heavy atom. The van der Waals surface area contributed by atoms with Crippen LogP contribution in [0.15, 0.2) is 71.6 Å². The molecule has 45 heavy (non-hydrogen) atoms. The monoisotopic (exact) mass is 635 g/mol. The minimum Gasteiger partial charge on any atom is -0.493 e. The predicted molar refractivity (Wildman–Crippen MR) is 167 cm³/mol. The highest BCUT2D eigenvalue weighted by Gasteiger charge is 2.57. The third-order valence-corrected chi connectivity index (χ3v) is 11.2. The number of nitrogens with two attached hydrogens (primary N) is 1. The molecule has 12 heteroatoms. The zero-order valence-corrected chi connectivity index (χ0v) is 26.2. The molecule has 3 aromatic rings. The molecule has 0 spiro atoms. The lowest BCUT2D eigenvalue weighted by molar-refractivity contribution is -0.148. The van der Waals surface area contributed by atoms with Crippen molar-refractivity contribution in [1.82, 2.24) is 4.90 Å². The van der Waals surface area contributed by atoms with Crippen molar-refractivity contribution in [3.05, 3.63) is 83.4 Å². The van der Waals surface area contributed by atoms with E-state index in [9.17, 15) is 27.9 Å². The highest BCUT2D eigenvalue weighted by atomic mass is 32.2. The number of nitrogens with one attached hydrogen (secondary N) is 1. The number of anilines is 1. The van der Waals surface area contributed by atoms with Gasteiger partial charge in [0.05, 0.1) is 35.8 Å². The number of carboxylic acids is 1. The van der Waals surface area contributed by atoms with Gasteiger partial charge in [-0.05, 0) is 73.2 Å². The summed E-state index contributed by atoms with van der Waals surface area (Å²) in [4.78, 5) is 41.2. The Hall–Kier alpha value is -4.58. The number of carbonyl (C=O) groups excluding carboxylic acids is 2. The van der Waals surface area contributed by atoms with E-state index in [1.54, 1.807) is 61.5 Å². The summed E-state index contributed by atoms with van der Waals surface area (Å²) in [5.41, 5.74) is 5.48. The van der Waals surface area contributed by atoms with Crippen molar-refractivity contribution in [2.75, 3.05) is 26.1 Å². The van der Waals surface area contributed by atoms with Gasteiger partial charge in [0.25, 0.3) is 0 Å². The Morgan fingerprint density at radius 2 is 1.71 bits per heavy atom. The van der Waals surface area contributed by atoms with Crippen LogP contribution in [0.2, 0.25) is 0 Å². The maximum absolute atomic E-state index is 14.9. The van der Waals surface area contributed by atoms with E-state index < -0.39 is 50.4 Å². The van der Waals surface area contributed by atoms with Gasteiger partial charge in [0, 0.05) is 17.8 Å². The lowest BCUT2D eigenvalue weighted by Crippen LogP contribution is -2.52. The molecule has 4 N–H and O–H groups in total. The fourth-order valence-corrected chi connectivity index (χ4v) is 8.45. The lowest BCUT2D eigenvalue weighted by atomic mass is 9.76. The SMILES string of the molecule is CC[C@]1(c2ccccc2S(=O)(=O)C2CC2)[C@@H](C(=O)O)CCN1C(=O)C(Nc1cccc(C(N)=O)c1)c1ccc(OC)c(OC)c1. The third kappa shape index (κ3) is 5.70. The minimum atomic E-state index is -3.75. The molecule has 3 atom stereocenters. The van der Waals surface area contributed by atoms with Crippen molar-refractivity contribution in [1.29, 1.82) is 0 Å². The van der Waals surface area contributed by atoms with Gasteiger partial charge in [-0.1, -0.05) is 37.3 Å². The molecule has 1 heterocycles. The van der Waals surface area contributed by atoms with Crippen molar-refractivity contribution < 1.29 is 37.4 Å². The molecule has 2 aliphatic rings. The molecular weight excluding hydrogens is 598 g/mol. The molecule has 2 amide bonds. The van der Waals surface area contributed by atoms with E-state index in [0.29, 0.717) is 41.2 Å². The Morgan fingerprint density at radius 3 is 2.33 bits per heavy atom. The number of aliphatic carboxylic acids is 1. The van der Waals surface area contributed by atoms with Crippen molar-refractivity contribution in [3.63, 3.8) is 0 Å². The van der Waals surface area contributed by atoms with Crippen LogP contribution in [0.1, 0.15) is 60.1 Å². The maximum Gasteiger partial charge on any atom is 0.309 e. The van der Waals surface area contributed by atoms with E-state index in [4.69, 9.17) is 15.2 Å². The first-order valence-electron chi connectivity index (χ1n) is 14.8. The molecule has 3 aromatic carbocycles. The highest BCUT2D eigenvalue weighted by molar-refractivity contribution is 7.92. The van der Waals surface area contributed by atoms with Gasteiger partial charge < -0.3 is 30.5 Å². The molecule has 2 fully saturated rings. The van der Waals surface area contributed by atoms with Gasteiger partial charge in [-0.3, -0.25) is 14.4 Å². The molecule has 1 saturated heterocycles. The van der Waals surface area contributed by atoms with Crippen molar-refractivity contribution in [3.8, 4) is 11.5 Å². The van der Waals surface area contributed by atoms with Gasteiger partial charge in [0.15, 0.2) is 21.3 Å². The van der Waals surface area contributed by atoms with E-state index in [1.165, 1.54) is 31.3 Å². The number of ether oxygens (including phenoxy) is 2. The quantitative estimate of drug-likeness (QED) is 0.265. The smallest absolute Gasteiger partial charge is 0.309 e. The fourth-order valence-electron chi connectivity index (χ4n) is 6.52. The van der Waals surface area contributed by atoms with E-state index in [0.717, 1.165) is 0 Å². The molecule has 0 radical (unpaired) electrons. The standard InChI is InChI=1S/C33H37N3O8S/c1-4-33(24-10-5-6-11-28(24)45(41,42)23-13-14-23)25(32(39)40)16-17-36(33)31(38)29(20-12-15-26(43-2)27(19-20)44-3)35-22-9-7-8-21(18-22)30(34)37/h5-12,15,18-19,23,25,29,35H,4,13-14,16-17H2,1-3H3,(H2,34,37)(H,39,40)/t25-,29?,33+/m1/s1. The van der Waals surface area contributed by atoms with Gasteiger partial charge in [-0.25, -0.2) is 8.42 Å². The molecule has 0 bridgehead atoms. The van der Waals surface area contributed by atoms with Crippen LogP contribution in [0.5, 0.6) is 11.5 Å². The number of sulfone groups is 1. The van der Waals surface area contributed by atoms with E-state index in [-0.39, 0.29) is 29.8 Å². The van der Waals surface area contributed by atoms with Crippen LogP contribution in [0, 0.1) is 5.92 Å². The number of hydrogen-bond acceptors (Lipinski definition) is 8. The number of methoxy groups -OCH3 is 2. The second-order valence-corrected chi connectivity index (χ2v) is 13.5. The maximum atomic E-state index is 14.9. The van der Waals surface area contributed by atoms with Gasteiger partial charge in [-0.15, -0.1) is 0 Å². The Kier molecular flexibility index (Phi) is 8.79. The number of carboxylic acid groups (broad SMARTS) is 1. The number of amides is 2. The summed E-state index contributed by atoms with van der Waals surface area (Å²) in [6.45, 7) is 1.85. The molecule has 11 nitrogen and oxygen atoms in total. The summed E-state index contributed by atoms with van der Waals surface area (Å²) in [5.74, 6) is -2.49. The van der Waals surface area contributed by atoms with Crippen LogP contribution in [-0.4, -0.2) is 62.2 Å². The number of carbonyl (C=O) groups is 3. The summed E-state index contributed by atoms with van der Waals surface area (Å²) in [7, 11) is -0.787. The second-order valence-electron chi connectivity index (χ2n) is 11.3. The van der Waals surface area contributed by atoms with Crippen LogP contribution >= 0.6 is 0 Å². The summed E-state index contributed by atoms with van der Waals surface area (Å²) >= 11 is 0. The number of likely N-dealkylation sites (tertiary alicyclic amines) is 1. The normalized spacial score (nSPS) is 20.3. The average molecular weight is 636 g/mol. The number of nitrogens with zero attached hydrogens (tertiary/aromatic N) is 1. The molecule has 5 rings (SSSR count). The number of benzene rings is 3. The Bertz CT molecular complexity index is 1740. The Balaban J connectivity index is 1.68. The second kappa shape index (κ2) is 12.4. The molecule has 0 aromatic heterocycles. The van der Waals surface area contributed by atoms with Crippen molar-refractivity contribution in [2.24, 2.45) is 11.7 Å². The summed E-state index contributed by atoms with van der Waals surface area (Å²) < 4.78 is 38.2. The van der Waals surface area contributed by atoms with Crippen LogP contribution in [0.4, 0.5) is 5.69 Å². The van der Waals surface area contributed by atoms with E-state index >= 15 is 0 Å². The van der Waals surface area contributed by atoms with Crippen molar-refractivity contribution in [2.45, 2.75) is 54.3 Å². The van der Waals surface area contributed by atoms with E-state index in [2.05, 4.69) is 5.32 Å². The first-order valence-corrected chi connectivity index (χ1v) is 16.3. The highest BCUT2D eigenvalue weighted by Crippen LogP contribution is 2.51. The first-order chi connectivity index (χ1) is 21.5. The van der Waals surface area contributed by atoms with Crippen LogP contribution < -0.4 is 20.5 Å². The van der Waals surface area contributed by atoms with Gasteiger partial charge in [0.1, 0.15) is 6.04 Å². The summed E-state index contributed by atoms with van der Waals surface area (Å²) in [6.07, 6.45) is 1.36. The topological polar surface area (TPSA) is 165 Å². The molecule has 1 aliphatic carbocycles. The molecular formula is C33H37N3O8S. The summed E-state index contributed by atoms with van der Waals surface area (Å²) in [6, 6.07) is 16.7. The zero-order chi connectivity index (χ0) is 32.5. The zero-order valence-electron chi connectivity index (χ0n) is 25.4. The minimum absolute atomic E-state index is 0.0603. The Labute approximate surface area is 262 Å². The van der Waals surface area contributed by atoms with Crippen LogP contribution in [0.25, 0.3) is 0 Å².